The second kappa shape index (κ2) is 11.5. The molecule has 2 aliphatic heterocycles. The molecule has 0 aromatic carbocycles. The Hall–Kier alpha value is -1.09. The first-order chi connectivity index (χ1) is 16.4. The van der Waals surface area contributed by atoms with Crippen molar-refractivity contribution >= 4 is 5.91 Å². The number of amides is 1. The summed E-state index contributed by atoms with van der Waals surface area (Å²) < 4.78 is 22.6. The van der Waals surface area contributed by atoms with Crippen LogP contribution >= 0.6 is 0 Å². The van der Waals surface area contributed by atoms with E-state index >= 15 is 0 Å². The molecule has 3 aliphatic rings. The molecule has 2 heterocycles. The molecule has 1 unspecified atom stereocenters. The third-order valence-electron chi connectivity index (χ3n) is 6.78. The number of primary amides is 1. The summed E-state index contributed by atoms with van der Waals surface area (Å²) in [5.41, 5.74) is 34.9. The first-order valence-corrected chi connectivity index (χ1v) is 11.4. The van der Waals surface area contributed by atoms with Gasteiger partial charge in [-0.3, -0.25) is 4.79 Å². The van der Waals surface area contributed by atoms with Crippen molar-refractivity contribution in [1.29, 1.82) is 0 Å². The zero-order chi connectivity index (χ0) is 26.2. The van der Waals surface area contributed by atoms with E-state index in [0.717, 1.165) is 0 Å². The Kier molecular flexibility index (Phi) is 9.38. The van der Waals surface area contributed by atoms with Crippen LogP contribution in [0.2, 0.25) is 0 Å². The molecule has 0 bridgehead atoms. The SMILES string of the molecule is NC[C@H]1O[C@H](O[C@H]2[C@H](O)[C@@H](O[C@H]3O[C@H](C(O)C(N)=O)[C@@H](O)[C@H](N)[C@H]3O)[C@H](N)C[C@@H]2N)[C@H](N)C[C@@H]1O. The summed E-state index contributed by atoms with van der Waals surface area (Å²) in [6.07, 6.45) is -14.5. The average Bonchev–Trinajstić information content (AvgIpc) is 2.79. The molecule has 1 aliphatic carbocycles. The third kappa shape index (κ3) is 5.91. The summed E-state index contributed by atoms with van der Waals surface area (Å²) in [7, 11) is 0. The van der Waals surface area contributed by atoms with Crippen molar-refractivity contribution in [2.75, 3.05) is 6.54 Å². The molecule has 17 N–H and O–H groups in total. The van der Waals surface area contributed by atoms with Gasteiger partial charge >= 0.3 is 0 Å². The number of carbonyl (C=O) groups excluding carboxylic acids is 1. The first-order valence-electron chi connectivity index (χ1n) is 11.4. The van der Waals surface area contributed by atoms with Crippen LogP contribution in [0.25, 0.3) is 0 Å². The number of aliphatic hydroxyl groups is 5. The highest BCUT2D eigenvalue weighted by Crippen LogP contribution is 2.31. The lowest BCUT2D eigenvalue weighted by Crippen LogP contribution is -2.69. The summed E-state index contributed by atoms with van der Waals surface area (Å²) in [4.78, 5) is 11.4. The number of nitrogens with two attached hydrogens (primary N) is 6. The van der Waals surface area contributed by atoms with Crippen LogP contribution in [-0.4, -0.2) is 130 Å². The highest BCUT2D eigenvalue weighted by Gasteiger charge is 2.51. The van der Waals surface area contributed by atoms with Crippen LogP contribution in [0.3, 0.4) is 0 Å². The van der Waals surface area contributed by atoms with Gasteiger partial charge < -0.3 is 78.9 Å². The number of rotatable bonds is 7. The van der Waals surface area contributed by atoms with E-state index in [1.54, 1.807) is 0 Å². The fraction of sp³-hybridized carbons (Fsp3) is 0.947. The monoisotopic (exact) mass is 510 g/mol. The number of ether oxygens (including phenoxy) is 4. The van der Waals surface area contributed by atoms with Gasteiger partial charge in [-0.05, 0) is 12.8 Å². The van der Waals surface area contributed by atoms with Gasteiger partial charge in [0, 0.05) is 18.6 Å². The fourth-order valence-corrected chi connectivity index (χ4v) is 4.65. The maximum absolute atomic E-state index is 11.4. The molecule has 1 amide bonds. The van der Waals surface area contributed by atoms with Crippen molar-refractivity contribution < 1.29 is 49.3 Å². The molecule has 3 fully saturated rings. The summed E-state index contributed by atoms with van der Waals surface area (Å²) in [5.74, 6) is -1.19. The lowest BCUT2D eigenvalue weighted by molar-refractivity contribution is -0.318. The fourth-order valence-electron chi connectivity index (χ4n) is 4.65. The van der Waals surface area contributed by atoms with E-state index in [9.17, 15) is 30.3 Å². The molecule has 16 heteroatoms. The standard InChI is InChI=1S/C19H38N6O10/c20-3-8-7(26)2-6(23)18(32-8)33-14-4(21)1-5(22)15(12(14)29)34-19-11(28)9(24)10(27)16(35-19)13(30)17(25)31/h4-16,18-19,26-30H,1-3,20-24H2,(H2,25,31)/t4-,5+,6+,7-,8+,9-,10-,11+,12-,13?,14+,15-,16-,18+,19-/m0/s1. The van der Waals surface area contributed by atoms with Gasteiger partial charge in [-0.25, -0.2) is 0 Å². The van der Waals surface area contributed by atoms with Crippen molar-refractivity contribution in [3.63, 3.8) is 0 Å². The van der Waals surface area contributed by atoms with Crippen LogP contribution in [0.5, 0.6) is 0 Å². The van der Waals surface area contributed by atoms with Crippen LogP contribution in [0.1, 0.15) is 12.8 Å². The van der Waals surface area contributed by atoms with Crippen LogP contribution in [-0.2, 0) is 23.7 Å². The Bertz CT molecular complexity index is 726. The lowest BCUT2D eigenvalue weighted by Gasteiger charge is -2.48. The molecule has 3 rings (SSSR count). The zero-order valence-electron chi connectivity index (χ0n) is 19.0. The van der Waals surface area contributed by atoms with Gasteiger partial charge in [-0.2, -0.15) is 0 Å². The van der Waals surface area contributed by atoms with Gasteiger partial charge in [0.1, 0.15) is 36.6 Å². The zero-order valence-corrected chi connectivity index (χ0v) is 19.0. The third-order valence-corrected chi connectivity index (χ3v) is 6.78. The van der Waals surface area contributed by atoms with Crippen LogP contribution < -0.4 is 34.4 Å². The molecule has 0 aromatic rings. The molecule has 0 radical (unpaired) electrons. The summed E-state index contributed by atoms with van der Waals surface area (Å²) in [6, 6.07) is -3.73. The van der Waals surface area contributed by atoms with Gasteiger partial charge in [0.15, 0.2) is 18.7 Å². The minimum absolute atomic E-state index is 0.0188. The van der Waals surface area contributed by atoms with Crippen LogP contribution in [0.4, 0.5) is 0 Å². The molecule has 204 valence electrons. The Morgan fingerprint density at radius 3 is 1.97 bits per heavy atom. The molecule has 0 aromatic heterocycles. The second-order valence-corrected chi connectivity index (χ2v) is 9.38. The van der Waals surface area contributed by atoms with Gasteiger partial charge in [-0.1, -0.05) is 0 Å². The lowest BCUT2D eigenvalue weighted by atomic mass is 9.84. The molecule has 16 nitrogen and oxygen atoms in total. The van der Waals surface area contributed by atoms with Crippen molar-refractivity contribution in [2.45, 2.75) is 105 Å². The Morgan fingerprint density at radius 2 is 1.43 bits per heavy atom. The van der Waals surface area contributed by atoms with Gasteiger partial charge in [-0.15, -0.1) is 0 Å². The smallest absolute Gasteiger partial charge is 0.249 e. The highest BCUT2D eigenvalue weighted by atomic mass is 16.7. The van der Waals surface area contributed by atoms with Crippen LogP contribution in [0.15, 0.2) is 0 Å². The number of aliphatic hydroxyl groups excluding tert-OH is 5. The Morgan fingerprint density at radius 1 is 0.857 bits per heavy atom. The average molecular weight is 511 g/mol. The van der Waals surface area contributed by atoms with E-state index in [1.807, 2.05) is 0 Å². The van der Waals surface area contributed by atoms with Gasteiger partial charge in [0.2, 0.25) is 5.91 Å². The maximum atomic E-state index is 11.4. The van der Waals surface area contributed by atoms with E-state index in [-0.39, 0.29) is 19.4 Å². The normalized spacial score (nSPS) is 50.0. The van der Waals surface area contributed by atoms with Crippen molar-refractivity contribution in [3.8, 4) is 0 Å². The topological polar surface area (TPSA) is 311 Å². The summed E-state index contributed by atoms with van der Waals surface area (Å²) in [5, 5.41) is 51.7. The predicted molar refractivity (Wildman–Crippen MR) is 116 cm³/mol. The number of hydrogen-bond acceptors (Lipinski definition) is 15. The Balaban J connectivity index is 1.73. The highest BCUT2D eigenvalue weighted by molar-refractivity contribution is 5.79. The maximum Gasteiger partial charge on any atom is 0.249 e. The first kappa shape index (κ1) is 28.5. The van der Waals surface area contributed by atoms with Gasteiger partial charge in [0.05, 0.1) is 24.3 Å². The van der Waals surface area contributed by atoms with E-state index in [4.69, 9.17) is 53.3 Å². The quantitative estimate of drug-likeness (QED) is 0.151. The molecule has 2 saturated heterocycles. The molecular formula is C19H38N6O10. The predicted octanol–water partition coefficient (Wildman–Crippen LogP) is -7.44. The molecular weight excluding hydrogens is 472 g/mol. The van der Waals surface area contributed by atoms with Crippen LogP contribution in [0, 0.1) is 0 Å². The number of carbonyl (C=O) groups is 1. The van der Waals surface area contributed by atoms with E-state index in [1.165, 1.54) is 0 Å². The molecule has 0 spiro atoms. The van der Waals surface area contributed by atoms with Crippen molar-refractivity contribution in [2.24, 2.45) is 34.4 Å². The number of hydrogen-bond donors (Lipinski definition) is 11. The second-order valence-electron chi connectivity index (χ2n) is 9.38. The van der Waals surface area contributed by atoms with E-state index in [2.05, 4.69) is 0 Å². The summed E-state index contributed by atoms with van der Waals surface area (Å²) >= 11 is 0. The minimum atomic E-state index is -1.94. The van der Waals surface area contributed by atoms with Crippen molar-refractivity contribution in [3.05, 3.63) is 0 Å². The molecule has 15 atom stereocenters. The van der Waals surface area contributed by atoms with E-state index in [0.29, 0.717) is 0 Å². The largest absolute Gasteiger partial charge is 0.390 e. The summed E-state index contributed by atoms with van der Waals surface area (Å²) in [6.45, 7) is 0.0188. The molecule has 35 heavy (non-hydrogen) atoms. The van der Waals surface area contributed by atoms with E-state index < -0.39 is 97.6 Å². The molecule has 1 saturated carbocycles. The van der Waals surface area contributed by atoms with Gasteiger partial charge in [0.25, 0.3) is 0 Å². The Labute approximate surface area is 201 Å². The van der Waals surface area contributed by atoms with Crippen molar-refractivity contribution in [1.82, 2.24) is 0 Å². The minimum Gasteiger partial charge on any atom is -0.390 e.